The Kier molecular flexibility index (Phi) is 3.81. The molecule has 154 valence electrons. The van der Waals surface area contributed by atoms with Crippen molar-refractivity contribution < 1.29 is 23.9 Å². The minimum atomic E-state index is -0.829. The Hall–Kier alpha value is -1.23. The fraction of sp³-hybridized carbons (Fsp3) is 0.870. The summed E-state index contributed by atoms with van der Waals surface area (Å²) in [6.45, 7) is 7.49. The van der Waals surface area contributed by atoms with Crippen LogP contribution in [0.5, 0.6) is 0 Å². The first-order valence-electron chi connectivity index (χ1n) is 11.0. The third-order valence-electron chi connectivity index (χ3n) is 9.76. The summed E-state index contributed by atoms with van der Waals surface area (Å²) in [6.07, 6.45) is 6.52. The van der Waals surface area contributed by atoms with Crippen LogP contribution in [0.15, 0.2) is 0 Å². The molecule has 0 N–H and O–H groups in total. The predicted octanol–water partition coefficient (Wildman–Crippen LogP) is 3.48. The van der Waals surface area contributed by atoms with Crippen LogP contribution in [0.3, 0.4) is 0 Å². The van der Waals surface area contributed by atoms with E-state index in [1.807, 2.05) is 6.92 Å². The van der Waals surface area contributed by atoms with Crippen molar-refractivity contribution in [2.75, 3.05) is 0 Å². The van der Waals surface area contributed by atoms with Crippen LogP contribution >= 0.6 is 0 Å². The second-order valence-corrected chi connectivity index (χ2v) is 10.6. The Morgan fingerprint density at radius 2 is 1.82 bits per heavy atom. The number of rotatable bonds is 2. The van der Waals surface area contributed by atoms with Crippen molar-refractivity contribution in [3.63, 3.8) is 0 Å². The van der Waals surface area contributed by atoms with E-state index in [1.54, 1.807) is 6.92 Å². The van der Waals surface area contributed by atoms with Gasteiger partial charge in [-0.3, -0.25) is 14.4 Å². The van der Waals surface area contributed by atoms with Gasteiger partial charge in [-0.25, -0.2) is 0 Å². The number of carbonyl (C=O) groups is 3. The Labute approximate surface area is 166 Å². The third kappa shape index (κ3) is 2.09. The summed E-state index contributed by atoms with van der Waals surface area (Å²) >= 11 is 0. The van der Waals surface area contributed by atoms with Crippen LogP contribution in [0.25, 0.3) is 0 Å². The molecule has 1 aliphatic heterocycles. The predicted molar refractivity (Wildman–Crippen MR) is 101 cm³/mol. The van der Waals surface area contributed by atoms with E-state index < -0.39 is 11.0 Å². The Balaban J connectivity index is 1.43. The summed E-state index contributed by atoms with van der Waals surface area (Å²) in [5.74, 6) is 1.77. The average Bonchev–Trinajstić information content (AvgIpc) is 3.29. The summed E-state index contributed by atoms with van der Waals surface area (Å²) in [4.78, 5) is 37.4. The molecule has 0 amide bonds. The first-order chi connectivity index (χ1) is 13.1. The van der Waals surface area contributed by atoms with E-state index in [-0.39, 0.29) is 41.1 Å². The molecule has 5 fully saturated rings. The fourth-order valence-corrected chi connectivity index (χ4v) is 8.32. The number of epoxide rings is 1. The Morgan fingerprint density at radius 1 is 1.07 bits per heavy atom. The van der Waals surface area contributed by atoms with E-state index in [9.17, 15) is 14.4 Å². The van der Waals surface area contributed by atoms with Gasteiger partial charge in [-0.15, -0.1) is 0 Å². The van der Waals surface area contributed by atoms with Gasteiger partial charge in [0, 0.05) is 13.3 Å². The maximum atomic E-state index is 13.5. The zero-order valence-electron chi connectivity index (χ0n) is 17.5. The molecule has 0 spiro atoms. The molecule has 5 nitrogen and oxygen atoms in total. The van der Waals surface area contributed by atoms with E-state index in [0.29, 0.717) is 24.2 Å². The summed E-state index contributed by atoms with van der Waals surface area (Å²) in [5.41, 5.74) is -1.33. The van der Waals surface area contributed by atoms with Crippen molar-refractivity contribution in [3.8, 4) is 0 Å². The van der Waals surface area contributed by atoms with Gasteiger partial charge in [-0.05, 0) is 81.5 Å². The normalized spacial score (nSPS) is 54.1. The molecule has 5 rings (SSSR count). The number of fused-ring (bicyclic) bond motifs is 7. The van der Waals surface area contributed by atoms with Gasteiger partial charge in [0.2, 0.25) is 0 Å². The lowest BCUT2D eigenvalue weighted by atomic mass is 9.44. The van der Waals surface area contributed by atoms with Crippen molar-refractivity contribution >= 4 is 17.5 Å². The van der Waals surface area contributed by atoms with Crippen LogP contribution in [-0.2, 0) is 23.9 Å². The zero-order chi connectivity index (χ0) is 20.1. The summed E-state index contributed by atoms with van der Waals surface area (Å²) in [7, 11) is 0. The van der Waals surface area contributed by atoms with Crippen molar-refractivity contribution in [1.82, 2.24) is 0 Å². The third-order valence-corrected chi connectivity index (χ3v) is 9.76. The highest BCUT2D eigenvalue weighted by Gasteiger charge is 2.82. The standard InChI is InChI=1S/C23H32O5/c1-12(24)23-20(28-23)11-18-16-6-5-14-9-15(27-13(2)25)7-8-21(14,3)17(16)10-19(26)22(18,23)4/h14-18,20H,5-11H2,1-4H3/t14-,15-,16+,17-,18-,20+,21-,22+,23+/m0/s1. The SMILES string of the molecule is CC(=O)O[C@H]1CC[C@@]2(C)[C@@H](CC[C@@H]3[C@@H]2CC(=O)[C@@]2(C)[C@H]3C[C@H]3O[C@]32C(C)=O)C1. The number of ketones is 2. The minimum absolute atomic E-state index is 0.0326. The van der Waals surface area contributed by atoms with E-state index in [0.717, 1.165) is 38.5 Å². The lowest BCUT2D eigenvalue weighted by Crippen LogP contribution is -2.60. The molecular formula is C23H32O5. The number of hydrogen-bond donors (Lipinski definition) is 0. The fourth-order valence-electron chi connectivity index (χ4n) is 8.32. The minimum Gasteiger partial charge on any atom is -0.463 e. The first kappa shape index (κ1) is 18.8. The molecule has 9 atom stereocenters. The first-order valence-corrected chi connectivity index (χ1v) is 11.0. The molecule has 28 heavy (non-hydrogen) atoms. The van der Waals surface area contributed by atoms with Crippen LogP contribution in [0.2, 0.25) is 0 Å². The van der Waals surface area contributed by atoms with Gasteiger partial charge in [-0.1, -0.05) is 6.92 Å². The van der Waals surface area contributed by atoms with Crippen molar-refractivity contribution in [1.29, 1.82) is 0 Å². The molecule has 0 bridgehead atoms. The van der Waals surface area contributed by atoms with E-state index in [4.69, 9.17) is 9.47 Å². The molecule has 0 aromatic heterocycles. The molecular weight excluding hydrogens is 356 g/mol. The highest BCUT2D eigenvalue weighted by atomic mass is 16.6. The number of carbonyl (C=O) groups excluding carboxylic acids is 3. The maximum absolute atomic E-state index is 13.5. The molecule has 0 unspecified atom stereocenters. The Morgan fingerprint density at radius 3 is 2.50 bits per heavy atom. The second kappa shape index (κ2) is 5.68. The second-order valence-electron chi connectivity index (χ2n) is 10.6. The van der Waals surface area contributed by atoms with Crippen LogP contribution in [0.1, 0.15) is 72.6 Å². The van der Waals surface area contributed by atoms with Crippen LogP contribution in [-0.4, -0.2) is 35.3 Å². The summed E-state index contributed by atoms with van der Waals surface area (Å²) in [6, 6.07) is 0. The van der Waals surface area contributed by atoms with E-state index in [1.165, 1.54) is 6.92 Å². The lowest BCUT2D eigenvalue weighted by Gasteiger charge is -2.60. The molecule has 1 heterocycles. The van der Waals surface area contributed by atoms with Crippen molar-refractivity contribution in [2.24, 2.45) is 34.5 Å². The van der Waals surface area contributed by atoms with Gasteiger partial charge in [0.1, 0.15) is 11.9 Å². The summed E-state index contributed by atoms with van der Waals surface area (Å²) < 4.78 is 11.4. The average molecular weight is 389 g/mol. The van der Waals surface area contributed by atoms with Gasteiger partial charge in [0.05, 0.1) is 11.5 Å². The topological polar surface area (TPSA) is 73.0 Å². The van der Waals surface area contributed by atoms with Crippen molar-refractivity contribution in [2.45, 2.75) is 90.4 Å². The van der Waals surface area contributed by atoms with Crippen LogP contribution in [0, 0.1) is 34.5 Å². The number of esters is 1. The summed E-state index contributed by atoms with van der Waals surface area (Å²) in [5, 5.41) is 0. The van der Waals surface area contributed by atoms with Crippen LogP contribution in [0.4, 0.5) is 0 Å². The highest BCUT2D eigenvalue weighted by Crippen LogP contribution is 2.72. The van der Waals surface area contributed by atoms with E-state index in [2.05, 4.69) is 6.92 Å². The van der Waals surface area contributed by atoms with Crippen molar-refractivity contribution in [3.05, 3.63) is 0 Å². The molecule has 0 aromatic carbocycles. The molecule has 5 aliphatic rings. The van der Waals surface area contributed by atoms with Gasteiger partial charge in [-0.2, -0.15) is 0 Å². The van der Waals surface area contributed by atoms with Gasteiger partial charge < -0.3 is 9.47 Å². The molecule has 4 aliphatic carbocycles. The molecule has 0 radical (unpaired) electrons. The smallest absolute Gasteiger partial charge is 0.302 e. The molecule has 0 aromatic rings. The molecule has 1 saturated heterocycles. The number of hydrogen-bond acceptors (Lipinski definition) is 5. The zero-order valence-corrected chi connectivity index (χ0v) is 17.5. The largest absolute Gasteiger partial charge is 0.463 e. The molecule has 4 saturated carbocycles. The van der Waals surface area contributed by atoms with Crippen LogP contribution < -0.4 is 0 Å². The van der Waals surface area contributed by atoms with Gasteiger partial charge in [0.25, 0.3) is 0 Å². The number of ether oxygens (including phenoxy) is 2. The van der Waals surface area contributed by atoms with Gasteiger partial charge in [0.15, 0.2) is 11.4 Å². The van der Waals surface area contributed by atoms with Gasteiger partial charge >= 0.3 is 5.97 Å². The maximum Gasteiger partial charge on any atom is 0.302 e. The lowest BCUT2D eigenvalue weighted by molar-refractivity contribution is -0.173. The van der Waals surface area contributed by atoms with E-state index >= 15 is 0 Å². The Bertz CT molecular complexity index is 760. The quantitative estimate of drug-likeness (QED) is 0.535. The number of Topliss-reactive ketones (excluding diaryl/α,β-unsaturated/α-hetero) is 2. The highest BCUT2D eigenvalue weighted by molar-refractivity contribution is 6.00. The monoisotopic (exact) mass is 388 g/mol. The molecule has 5 heteroatoms.